The molecule has 0 aliphatic heterocycles. The molecule has 9 heavy (non-hydrogen) atoms. The van der Waals surface area contributed by atoms with Crippen LogP contribution in [0.2, 0.25) is 0 Å². The number of rotatable bonds is 2. The molecule has 0 atom stereocenters. The van der Waals surface area contributed by atoms with Crippen LogP contribution in [0, 0.1) is 0 Å². The Balaban J connectivity index is 3.86. The average Bonchev–Trinajstić information content (AvgIpc) is 1.83. The molecule has 0 unspecified atom stereocenters. The Morgan fingerprint density at radius 1 is 1.44 bits per heavy atom. The Morgan fingerprint density at radius 2 is 2.00 bits per heavy atom. The summed E-state index contributed by atoms with van der Waals surface area (Å²) in [5.74, 6) is 0. The first-order chi connectivity index (χ1) is 4.16. The van der Waals surface area contributed by atoms with Gasteiger partial charge in [0, 0.05) is 4.48 Å². The van der Waals surface area contributed by atoms with E-state index in [1.807, 2.05) is 32.1 Å². The SMILES string of the molecule is C=C(Br)/C=C\C(C)=C/C. The molecule has 0 spiro atoms. The molecule has 0 radical (unpaired) electrons. The van der Waals surface area contributed by atoms with E-state index in [0.717, 1.165) is 4.48 Å². The lowest BCUT2D eigenvalue weighted by Gasteiger charge is -1.85. The molecule has 0 heterocycles. The van der Waals surface area contributed by atoms with Crippen molar-refractivity contribution >= 4 is 15.9 Å². The normalized spacial score (nSPS) is 12.6. The summed E-state index contributed by atoms with van der Waals surface area (Å²) in [6.07, 6.45) is 5.98. The van der Waals surface area contributed by atoms with Crippen LogP contribution < -0.4 is 0 Å². The largest absolute Gasteiger partial charge is 0.0847 e. The summed E-state index contributed by atoms with van der Waals surface area (Å²) in [5.41, 5.74) is 1.25. The van der Waals surface area contributed by atoms with Crippen molar-refractivity contribution < 1.29 is 0 Å². The smallest absolute Gasteiger partial charge is 0.0103 e. The second-order valence-electron chi connectivity index (χ2n) is 1.81. The van der Waals surface area contributed by atoms with E-state index in [2.05, 4.69) is 22.5 Å². The molecular weight excluding hydrogens is 176 g/mol. The van der Waals surface area contributed by atoms with Crippen molar-refractivity contribution in [2.24, 2.45) is 0 Å². The molecule has 0 amide bonds. The number of hydrogen-bond donors (Lipinski definition) is 0. The van der Waals surface area contributed by atoms with Crippen LogP contribution in [0.4, 0.5) is 0 Å². The van der Waals surface area contributed by atoms with Crippen LogP contribution in [-0.4, -0.2) is 0 Å². The summed E-state index contributed by atoms with van der Waals surface area (Å²) < 4.78 is 0.906. The van der Waals surface area contributed by atoms with E-state index in [0.29, 0.717) is 0 Å². The van der Waals surface area contributed by atoms with Gasteiger partial charge in [0.15, 0.2) is 0 Å². The highest BCUT2D eigenvalue weighted by Gasteiger charge is 1.77. The molecule has 50 valence electrons. The lowest BCUT2D eigenvalue weighted by molar-refractivity contribution is 1.48. The molecule has 0 saturated heterocycles. The second kappa shape index (κ2) is 4.57. The van der Waals surface area contributed by atoms with Gasteiger partial charge >= 0.3 is 0 Å². The molecule has 0 fully saturated rings. The van der Waals surface area contributed by atoms with Crippen LogP contribution in [0.1, 0.15) is 13.8 Å². The fourth-order valence-electron chi connectivity index (χ4n) is 0.318. The van der Waals surface area contributed by atoms with E-state index in [4.69, 9.17) is 0 Å². The highest BCUT2D eigenvalue weighted by Crippen LogP contribution is 2.04. The van der Waals surface area contributed by atoms with Gasteiger partial charge in [0.2, 0.25) is 0 Å². The molecule has 0 aliphatic rings. The van der Waals surface area contributed by atoms with Crippen LogP contribution in [-0.2, 0) is 0 Å². The second-order valence-corrected chi connectivity index (χ2v) is 2.83. The van der Waals surface area contributed by atoms with Crippen LogP contribution in [0.5, 0.6) is 0 Å². The summed E-state index contributed by atoms with van der Waals surface area (Å²) in [7, 11) is 0. The van der Waals surface area contributed by atoms with Crippen molar-refractivity contribution in [1.29, 1.82) is 0 Å². The van der Waals surface area contributed by atoms with Crippen LogP contribution in [0.25, 0.3) is 0 Å². The summed E-state index contributed by atoms with van der Waals surface area (Å²) >= 11 is 3.22. The Morgan fingerprint density at radius 3 is 2.33 bits per heavy atom. The maximum absolute atomic E-state index is 3.66. The fourth-order valence-corrected chi connectivity index (χ4v) is 0.450. The zero-order chi connectivity index (χ0) is 7.28. The molecule has 0 nitrogen and oxygen atoms in total. The fraction of sp³-hybridized carbons (Fsp3) is 0.250. The first-order valence-electron chi connectivity index (χ1n) is 2.82. The highest BCUT2D eigenvalue weighted by molar-refractivity contribution is 9.11. The number of allylic oxidation sites excluding steroid dienone is 5. The lowest BCUT2D eigenvalue weighted by atomic mass is 10.3. The van der Waals surface area contributed by atoms with E-state index >= 15 is 0 Å². The molecule has 1 heteroatoms. The van der Waals surface area contributed by atoms with Crippen molar-refractivity contribution in [1.82, 2.24) is 0 Å². The predicted molar refractivity (Wildman–Crippen MR) is 46.6 cm³/mol. The van der Waals surface area contributed by atoms with Crippen LogP contribution >= 0.6 is 15.9 Å². The molecular formula is C8H11Br. The third kappa shape index (κ3) is 5.57. The first kappa shape index (κ1) is 8.70. The van der Waals surface area contributed by atoms with Crippen molar-refractivity contribution in [2.45, 2.75) is 13.8 Å². The minimum Gasteiger partial charge on any atom is -0.0847 e. The highest BCUT2D eigenvalue weighted by atomic mass is 79.9. The van der Waals surface area contributed by atoms with Gasteiger partial charge in [-0.1, -0.05) is 40.2 Å². The molecule has 0 aromatic heterocycles. The van der Waals surface area contributed by atoms with E-state index in [1.165, 1.54) is 5.57 Å². The first-order valence-corrected chi connectivity index (χ1v) is 3.61. The van der Waals surface area contributed by atoms with Gasteiger partial charge in [-0.2, -0.15) is 0 Å². The quantitative estimate of drug-likeness (QED) is 0.581. The van der Waals surface area contributed by atoms with Gasteiger partial charge in [-0.15, -0.1) is 0 Å². The van der Waals surface area contributed by atoms with Gasteiger partial charge in [-0.25, -0.2) is 0 Å². The summed E-state index contributed by atoms with van der Waals surface area (Å²) in [6.45, 7) is 7.72. The van der Waals surface area contributed by atoms with Gasteiger partial charge in [0.05, 0.1) is 0 Å². The minimum atomic E-state index is 0.906. The molecule has 0 aromatic rings. The van der Waals surface area contributed by atoms with Crippen molar-refractivity contribution in [3.63, 3.8) is 0 Å². The number of halogens is 1. The van der Waals surface area contributed by atoms with Crippen LogP contribution in [0.3, 0.4) is 0 Å². The zero-order valence-corrected chi connectivity index (χ0v) is 7.40. The van der Waals surface area contributed by atoms with Crippen molar-refractivity contribution in [2.75, 3.05) is 0 Å². The molecule has 0 aromatic carbocycles. The van der Waals surface area contributed by atoms with E-state index in [9.17, 15) is 0 Å². The van der Waals surface area contributed by atoms with E-state index in [1.54, 1.807) is 0 Å². The maximum Gasteiger partial charge on any atom is 0.0103 e. The molecule has 0 saturated carbocycles. The van der Waals surface area contributed by atoms with Gasteiger partial charge in [-0.05, 0) is 19.9 Å². The predicted octanol–water partition coefficient (Wildman–Crippen LogP) is 3.42. The third-order valence-corrected chi connectivity index (χ3v) is 1.25. The Labute approximate surface area is 65.1 Å². The Kier molecular flexibility index (Phi) is 4.41. The topological polar surface area (TPSA) is 0 Å². The van der Waals surface area contributed by atoms with Crippen molar-refractivity contribution in [3.8, 4) is 0 Å². The summed E-state index contributed by atoms with van der Waals surface area (Å²) in [6, 6.07) is 0. The van der Waals surface area contributed by atoms with Gasteiger partial charge in [-0.3, -0.25) is 0 Å². The maximum atomic E-state index is 3.66. The summed E-state index contributed by atoms with van der Waals surface area (Å²) in [4.78, 5) is 0. The lowest BCUT2D eigenvalue weighted by Crippen LogP contribution is -1.63. The monoisotopic (exact) mass is 186 g/mol. The molecule has 0 N–H and O–H groups in total. The summed E-state index contributed by atoms with van der Waals surface area (Å²) in [5, 5.41) is 0. The number of hydrogen-bond acceptors (Lipinski definition) is 0. The van der Waals surface area contributed by atoms with E-state index < -0.39 is 0 Å². The van der Waals surface area contributed by atoms with E-state index in [-0.39, 0.29) is 0 Å². The molecule has 0 rings (SSSR count). The third-order valence-electron chi connectivity index (χ3n) is 0.982. The van der Waals surface area contributed by atoms with Gasteiger partial charge in [0.1, 0.15) is 0 Å². The Hall–Kier alpha value is -0.300. The zero-order valence-electron chi connectivity index (χ0n) is 5.82. The van der Waals surface area contributed by atoms with Gasteiger partial charge in [0.25, 0.3) is 0 Å². The molecule has 0 aliphatic carbocycles. The Bertz CT molecular complexity index is 152. The standard InChI is InChI=1S/C8H11Br/c1-4-7(2)5-6-8(3)9/h4-6H,3H2,1-2H3/b6-5-,7-4-. The molecule has 0 bridgehead atoms. The van der Waals surface area contributed by atoms with Crippen LogP contribution in [0.15, 0.2) is 34.9 Å². The van der Waals surface area contributed by atoms with Crippen molar-refractivity contribution in [3.05, 3.63) is 34.9 Å². The van der Waals surface area contributed by atoms with Gasteiger partial charge < -0.3 is 0 Å². The average molecular weight is 187 g/mol. The minimum absolute atomic E-state index is 0.906.